The molecule has 16 heavy (non-hydrogen) atoms. The number of hydrogen-bond donors (Lipinski definition) is 2. The van der Waals surface area contributed by atoms with Gasteiger partial charge in [0.05, 0.1) is 0 Å². The molecule has 0 aliphatic rings. The third-order valence-electron chi connectivity index (χ3n) is 1.51. The van der Waals surface area contributed by atoms with Crippen LogP contribution in [0.25, 0.3) is 0 Å². The summed E-state index contributed by atoms with van der Waals surface area (Å²) in [6, 6.07) is 17.4. The van der Waals surface area contributed by atoms with Gasteiger partial charge in [-0.1, -0.05) is 36.4 Å². The molecule has 2 aromatic rings. The zero-order chi connectivity index (χ0) is 10.2. The van der Waals surface area contributed by atoms with Gasteiger partial charge in [0.15, 0.2) is 0 Å². The summed E-state index contributed by atoms with van der Waals surface area (Å²) in [5.41, 5.74) is 0. The van der Waals surface area contributed by atoms with Crippen LogP contribution in [0, 0.1) is 0 Å². The molecular formula is C12H13NaO3. The van der Waals surface area contributed by atoms with Crippen molar-refractivity contribution >= 4 is 0 Å². The fourth-order valence-corrected chi connectivity index (χ4v) is 0.856. The third kappa shape index (κ3) is 8.32. The standard InChI is InChI=1S/2C6H6O.Na.H2O/c2*7-6-4-2-1-3-5-6;;/h2*1-5,7H;;1H2/q;;+1;/p-1. The van der Waals surface area contributed by atoms with E-state index in [1.54, 1.807) is 48.5 Å². The van der Waals surface area contributed by atoms with E-state index in [0.29, 0.717) is 11.5 Å². The first kappa shape index (κ1) is 17.4. The summed E-state index contributed by atoms with van der Waals surface area (Å²) in [4.78, 5) is 0. The fourth-order valence-electron chi connectivity index (χ4n) is 0.856. The van der Waals surface area contributed by atoms with Crippen LogP contribution in [0.4, 0.5) is 0 Å². The van der Waals surface area contributed by atoms with Gasteiger partial charge in [-0.05, 0) is 24.3 Å². The van der Waals surface area contributed by atoms with Crippen LogP contribution < -0.4 is 29.6 Å². The molecule has 0 aliphatic heterocycles. The molecule has 2 aromatic carbocycles. The number of benzene rings is 2. The number of rotatable bonds is 0. The molecule has 0 aromatic heterocycles. The van der Waals surface area contributed by atoms with E-state index in [4.69, 9.17) is 10.2 Å². The molecule has 2 rings (SSSR count). The number of hydrogen-bond acceptors (Lipinski definition) is 3. The van der Waals surface area contributed by atoms with Crippen molar-refractivity contribution < 1.29 is 45.2 Å². The van der Waals surface area contributed by atoms with Gasteiger partial charge in [0.25, 0.3) is 0 Å². The predicted octanol–water partition coefficient (Wildman–Crippen LogP) is -0.388. The average Bonchev–Trinajstić information content (AvgIpc) is 2.21. The Labute approximate surface area is 117 Å². The van der Waals surface area contributed by atoms with Crippen molar-refractivity contribution in [1.82, 2.24) is 0 Å². The van der Waals surface area contributed by atoms with E-state index in [0.717, 1.165) is 0 Å². The first-order chi connectivity index (χ1) is 6.79. The van der Waals surface area contributed by atoms with E-state index in [1.807, 2.05) is 12.1 Å². The molecule has 3 nitrogen and oxygen atoms in total. The molecular weight excluding hydrogens is 215 g/mol. The minimum Gasteiger partial charge on any atom is -0.870 e. The van der Waals surface area contributed by atoms with Crippen LogP contribution in [0.1, 0.15) is 0 Å². The van der Waals surface area contributed by atoms with Gasteiger partial charge in [-0.15, -0.1) is 0 Å². The van der Waals surface area contributed by atoms with Crippen molar-refractivity contribution in [2.24, 2.45) is 0 Å². The van der Waals surface area contributed by atoms with Crippen LogP contribution in [0.5, 0.6) is 11.5 Å². The molecule has 0 heterocycles. The summed E-state index contributed by atoms with van der Waals surface area (Å²) < 4.78 is 0. The minimum atomic E-state index is 0. The van der Waals surface area contributed by atoms with Gasteiger partial charge in [-0.3, -0.25) is 0 Å². The van der Waals surface area contributed by atoms with E-state index in [1.165, 1.54) is 0 Å². The van der Waals surface area contributed by atoms with Gasteiger partial charge in [0.1, 0.15) is 11.5 Å². The number of phenolic OH excluding ortho intramolecular Hbond substituents is 2. The summed E-state index contributed by atoms with van der Waals surface area (Å²) in [5.74, 6) is 0.644. The quantitative estimate of drug-likeness (QED) is 0.603. The number of phenols is 2. The Bertz CT molecular complexity index is 314. The molecule has 0 aliphatic carbocycles. The summed E-state index contributed by atoms with van der Waals surface area (Å²) in [6.45, 7) is 0. The van der Waals surface area contributed by atoms with Gasteiger partial charge >= 0.3 is 29.6 Å². The maximum absolute atomic E-state index is 8.63. The predicted molar refractivity (Wildman–Crippen MR) is 58.1 cm³/mol. The smallest absolute Gasteiger partial charge is 0.870 e. The maximum atomic E-state index is 8.63. The van der Waals surface area contributed by atoms with Crippen LogP contribution >= 0.6 is 0 Å². The molecule has 80 valence electrons. The van der Waals surface area contributed by atoms with Crippen LogP contribution in [-0.2, 0) is 0 Å². The monoisotopic (exact) mass is 228 g/mol. The van der Waals surface area contributed by atoms with Gasteiger partial charge < -0.3 is 15.7 Å². The third-order valence-corrected chi connectivity index (χ3v) is 1.51. The molecule has 4 heteroatoms. The zero-order valence-corrected chi connectivity index (χ0v) is 11.1. The van der Waals surface area contributed by atoms with Crippen LogP contribution in [0.15, 0.2) is 60.7 Å². The van der Waals surface area contributed by atoms with Gasteiger partial charge in [-0.2, -0.15) is 0 Å². The van der Waals surface area contributed by atoms with E-state index in [9.17, 15) is 0 Å². The Morgan fingerprint density at radius 3 is 0.938 bits per heavy atom. The maximum Gasteiger partial charge on any atom is 1.00 e. The Balaban J connectivity index is 0. The van der Waals surface area contributed by atoms with Crippen molar-refractivity contribution in [3.8, 4) is 11.5 Å². The van der Waals surface area contributed by atoms with E-state index < -0.39 is 0 Å². The van der Waals surface area contributed by atoms with Crippen molar-refractivity contribution in [2.75, 3.05) is 0 Å². The molecule has 3 N–H and O–H groups in total. The first-order valence-corrected chi connectivity index (χ1v) is 4.27. The van der Waals surface area contributed by atoms with Crippen molar-refractivity contribution in [3.05, 3.63) is 60.7 Å². The number of para-hydroxylation sites is 2. The van der Waals surface area contributed by atoms with E-state index in [-0.39, 0.29) is 35.0 Å². The average molecular weight is 228 g/mol. The largest absolute Gasteiger partial charge is 1.00 e. The molecule has 0 radical (unpaired) electrons. The topological polar surface area (TPSA) is 70.5 Å². The molecule has 0 atom stereocenters. The number of aromatic hydroxyl groups is 2. The van der Waals surface area contributed by atoms with Crippen LogP contribution in [0.2, 0.25) is 0 Å². The van der Waals surface area contributed by atoms with Gasteiger partial charge in [0, 0.05) is 0 Å². The molecule has 0 saturated carbocycles. The first-order valence-electron chi connectivity index (χ1n) is 4.27. The van der Waals surface area contributed by atoms with Crippen LogP contribution in [0.3, 0.4) is 0 Å². The zero-order valence-electron chi connectivity index (χ0n) is 9.12. The van der Waals surface area contributed by atoms with Crippen LogP contribution in [-0.4, -0.2) is 15.7 Å². The van der Waals surface area contributed by atoms with Crippen molar-refractivity contribution in [3.63, 3.8) is 0 Å². The van der Waals surface area contributed by atoms with Gasteiger partial charge in [-0.25, -0.2) is 0 Å². The second-order valence-corrected chi connectivity index (χ2v) is 2.67. The second kappa shape index (κ2) is 10.5. The Morgan fingerprint density at radius 2 is 0.812 bits per heavy atom. The van der Waals surface area contributed by atoms with Crippen molar-refractivity contribution in [1.29, 1.82) is 0 Å². The molecule has 0 bridgehead atoms. The Hall–Kier alpha value is -1.000. The summed E-state index contributed by atoms with van der Waals surface area (Å²) in [5, 5.41) is 17.3. The molecule has 0 saturated heterocycles. The Morgan fingerprint density at radius 1 is 0.562 bits per heavy atom. The molecule has 0 spiro atoms. The van der Waals surface area contributed by atoms with Gasteiger partial charge in [0.2, 0.25) is 0 Å². The minimum absolute atomic E-state index is 0. The van der Waals surface area contributed by atoms with E-state index >= 15 is 0 Å². The van der Waals surface area contributed by atoms with E-state index in [2.05, 4.69) is 0 Å². The summed E-state index contributed by atoms with van der Waals surface area (Å²) in [7, 11) is 0. The second-order valence-electron chi connectivity index (χ2n) is 2.67. The normalized spacial score (nSPS) is 7.50. The molecule has 0 unspecified atom stereocenters. The SMILES string of the molecule is Oc1ccccc1.Oc1ccccc1.[Na+].[OH-]. The Kier molecular flexibility index (Phi) is 11.4. The summed E-state index contributed by atoms with van der Waals surface area (Å²) in [6.07, 6.45) is 0. The fraction of sp³-hybridized carbons (Fsp3) is 0. The summed E-state index contributed by atoms with van der Waals surface area (Å²) >= 11 is 0. The van der Waals surface area contributed by atoms with Crippen molar-refractivity contribution in [2.45, 2.75) is 0 Å². The molecule has 0 fully saturated rings. The molecule has 0 amide bonds.